The van der Waals surface area contributed by atoms with Gasteiger partial charge in [0.2, 0.25) is 0 Å². The molecule has 0 atom stereocenters. The molecule has 29 heavy (non-hydrogen) atoms. The van der Waals surface area contributed by atoms with Crippen molar-refractivity contribution in [3.05, 3.63) is 91.1 Å². The summed E-state index contributed by atoms with van der Waals surface area (Å²) in [6.07, 6.45) is 6.86. The number of hydrogen-bond donors (Lipinski definition) is 1. The van der Waals surface area contributed by atoms with Gasteiger partial charge in [0.1, 0.15) is 18.2 Å². The standard InChI is InChI=1S/C22H18F2N4O/c23-20-6-2-5-19(22(20)24)16-7-8-21(26-14-16)27-17-3-1-4-18(13-17)29-12-11-28-10-9-25-15-28/h1-10,13-15H,11-12H2,(H,26,27). The van der Waals surface area contributed by atoms with E-state index in [0.717, 1.165) is 17.5 Å². The molecule has 146 valence electrons. The molecule has 0 aliphatic carbocycles. The van der Waals surface area contributed by atoms with Crippen molar-refractivity contribution >= 4 is 11.5 Å². The molecule has 0 saturated heterocycles. The molecular formula is C22H18F2N4O. The van der Waals surface area contributed by atoms with Crippen LogP contribution in [0.15, 0.2) is 79.5 Å². The molecular weight excluding hydrogens is 374 g/mol. The van der Waals surface area contributed by atoms with Crippen LogP contribution in [0, 0.1) is 11.6 Å². The topological polar surface area (TPSA) is 52.0 Å². The number of ether oxygens (including phenoxy) is 1. The van der Waals surface area contributed by atoms with Gasteiger partial charge >= 0.3 is 0 Å². The van der Waals surface area contributed by atoms with Crippen molar-refractivity contribution in [2.75, 3.05) is 11.9 Å². The highest BCUT2D eigenvalue weighted by atomic mass is 19.2. The summed E-state index contributed by atoms with van der Waals surface area (Å²) in [5, 5.41) is 3.18. The fourth-order valence-electron chi connectivity index (χ4n) is 2.85. The van der Waals surface area contributed by atoms with E-state index in [2.05, 4.69) is 15.3 Å². The average molecular weight is 392 g/mol. The summed E-state index contributed by atoms with van der Waals surface area (Å²) in [4.78, 5) is 8.29. The van der Waals surface area contributed by atoms with Crippen molar-refractivity contribution in [3.63, 3.8) is 0 Å². The fourth-order valence-corrected chi connectivity index (χ4v) is 2.85. The van der Waals surface area contributed by atoms with Crippen LogP contribution in [-0.4, -0.2) is 21.1 Å². The van der Waals surface area contributed by atoms with Gasteiger partial charge in [0.25, 0.3) is 0 Å². The smallest absolute Gasteiger partial charge is 0.166 e. The molecule has 2 heterocycles. The second kappa shape index (κ2) is 8.52. The fraction of sp³-hybridized carbons (Fsp3) is 0.0909. The lowest BCUT2D eigenvalue weighted by Gasteiger charge is -2.10. The van der Waals surface area contributed by atoms with Crippen LogP contribution in [0.25, 0.3) is 11.1 Å². The molecule has 4 aromatic rings. The Morgan fingerprint density at radius 2 is 1.93 bits per heavy atom. The van der Waals surface area contributed by atoms with Crippen molar-refractivity contribution in [1.82, 2.24) is 14.5 Å². The first-order valence-corrected chi connectivity index (χ1v) is 9.05. The second-order valence-corrected chi connectivity index (χ2v) is 6.34. The predicted molar refractivity (Wildman–Crippen MR) is 107 cm³/mol. The predicted octanol–water partition coefficient (Wildman–Crippen LogP) is 5.05. The molecule has 0 amide bonds. The Bertz CT molecular complexity index is 1080. The number of hydrogen-bond acceptors (Lipinski definition) is 4. The van der Waals surface area contributed by atoms with Crippen LogP contribution in [0.4, 0.5) is 20.3 Å². The monoisotopic (exact) mass is 392 g/mol. The van der Waals surface area contributed by atoms with Crippen LogP contribution in [0.3, 0.4) is 0 Å². The number of rotatable bonds is 7. The van der Waals surface area contributed by atoms with Crippen LogP contribution in [-0.2, 0) is 6.54 Å². The summed E-state index contributed by atoms with van der Waals surface area (Å²) in [5.41, 5.74) is 1.49. The van der Waals surface area contributed by atoms with E-state index in [1.807, 2.05) is 35.0 Å². The first-order chi connectivity index (χ1) is 14.2. The Kier molecular flexibility index (Phi) is 5.47. The van der Waals surface area contributed by atoms with E-state index in [-0.39, 0.29) is 5.56 Å². The first-order valence-electron chi connectivity index (χ1n) is 9.05. The first kappa shape index (κ1) is 18.6. The molecule has 0 unspecified atom stereocenters. The van der Waals surface area contributed by atoms with Crippen LogP contribution < -0.4 is 10.1 Å². The molecule has 1 N–H and O–H groups in total. The van der Waals surface area contributed by atoms with Gasteiger partial charge in [0.05, 0.1) is 12.9 Å². The molecule has 0 spiro atoms. The Morgan fingerprint density at radius 3 is 2.72 bits per heavy atom. The maximum Gasteiger partial charge on any atom is 0.166 e. The van der Waals surface area contributed by atoms with Gasteiger partial charge in [-0.1, -0.05) is 18.2 Å². The Morgan fingerprint density at radius 1 is 1.03 bits per heavy atom. The second-order valence-electron chi connectivity index (χ2n) is 6.34. The molecule has 0 radical (unpaired) electrons. The minimum Gasteiger partial charge on any atom is -0.492 e. The largest absolute Gasteiger partial charge is 0.492 e. The summed E-state index contributed by atoms with van der Waals surface area (Å²) in [5.74, 6) is -0.445. The van der Waals surface area contributed by atoms with Gasteiger partial charge in [-0.2, -0.15) is 0 Å². The molecule has 2 aromatic heterocycles. The van der Waals surface area contributed by atoms with E-state index >= 15 is 0 Å². The van der Waals surface area contributed by atoms with E-state index in [4.69, 9.17) is 4.74 Å². The SMILES string of the molecule is Fc1cccc(-c2ccc(Nc3cccc(OCCn4ccnc4)c3)nc2)c1F. The van der Waals surface area contributed by atoms with Crippen LogP contribution in [0.1, 0.15) is 0 Å². The van der Waals surface area contributed by atoms with E-state index in [9.17, 15) is 8.78 Å². The highest BCUT2D eigenvalue weighted by Crippen LogP contribution is 2.26. The number of benzene rings is 2. The van der Waals surface area contributed by atoms with Crippen molar-refractivity contribution in [2.24, 2.45) is 0 Å². The number of imidazole rings is 1. The molecule has 5 nitrogen and oxygen atoms in total. The minimum absolute atomic E-state index is 0.178. The molecule has 4 rings (SSSR count). The number of pyridine rings is 1. The molecule has 0 fully saturated rings. The average Bonchev–Trinajstić information content (AvgIpc) is 3.25. The number of anilines is 2. The molecule has 7 heteroatoms. The van der Waals surface area contributed by atoms with E-state index in [1.54, 1.807) is 24.7 Å². The van der Waals surface area contributed by atoms with Crippen molar-refractivity contribution in [2.45, 2.75) is 6.54 Å². The van der Waals surface area contributed by atoms with Crippen LogP contribution in [0.5, 0.6) is 5.75 Å². The summed E-state index contributed by atoms with van der Waals surface area (Å²) < 4.78 is 35.1. The lowest BCUT2D eigenvalue weighted by Crippen LogP contribution is -2.06. The zero-order valence-electron chi connectivity index (χ0n) is 15.4. The molecule has 0 bridgehead atoms. The third kappa shape index (κ3) is 4.57. The third-order valence-electron chi connectivity index (χ3n) is 4.31. The van der Waals surface area contributed by atoms with Crippen molar-refractivity contribution < 1.29 is 13.5 Å². The van der Waals surface area contributed by atoms with Crippen molar-refractivity contribution in [1.29, 1.82) is 0 Å². The van der Waals surface area contributed by atoms with Crippen LogP contribution in [0.2, 0.25) is 0 Å². The maximum atomic E-state index is 13.9. The normalized spacial score (nSPS) is 10.7. The maximum absolute atomic E-state index is 13.9. The molecule has 2 aromatic carbocycles. The minimum atomic E-state index is -0.880. The number of nitrogens with zero attached hydrogens (tertiary/aromatic N) is 3. The van der Waals surface area contributed by atoms with Crippen molar-refractivity contribution in [3.8, 4) is 16.9 Å². The highest BCUT2D eigenvalue weighted by molar-refractivity contribution is 5.66. The van der Waals surface area contributed by atoms with Gasteiger partial charge in [-0.3, -0.25) is 0 Å². The van der Waals surface area contributed by atoms with Gasteiger partial charge in [0, 0.05) is 41.5 Å². The zero-order valence-corrected chi connectivity index (χ0v) is 15.4. The van der Waals surface area contributed by atoms with E-state index in [1.165, 1.54) is 18.3 Å². The van der Waals surface area contributed by atoms with E-state index in [0.29, 0.717) is 24.5 Å². The van der Waals surface area contributed by atoms with Gasteiger partial charge in [-0.05, 0) is 30.3 Å². The summed E-state index contributed by atoms with van der Waals surface area (Å²) >= 11 is 0. The number of halogens is 2. The number of nitrogens with one attached hydrogen (secondary N) is 1. The highest BCUT2D eigenvalue weighted by Gasteiger charge is 2.10. The van der Waals surface area contributed by atoms with Gasteiger partial charge in [-0.25, -0.2) is 18.7 Å². The third-order valence-corrected chi connectivity index (χ3v) is 4.31. The van der Waals surface area contributed by atoms with Gasteiger partial charge < -0.3 is 14.6 Å². The summed E-state index contributed by atoms with van der Waals surface area (Å²) in [7, 11) is 0. The summed E-state index contributed by atoms with van der Waals surface area (Å²) in [6, 6.07) is 15.0. The van der Waals surface area contributed by atoms with Crippen LogP contribution >= 0.6 is 0 Å². The molecule has 0 saturated carbocycles. The van der Waals surface area contributed by atoms with Gasteiger partial charge in [0.15, 0.2) is 11.6 Å². The Hall–Kier alpha value is -3.74. The molecule has 0 aliphatic heterocycles. The Labute approximate surface area is 166 Å². The van der Waals surface area contributed by atoms with Gasteiger partial charge in [-0.15, -0.1) is 0 Å². The lowest BCUT2D eigenvalue weighted by molar-refractivity contribution is 0.298. The quantitative estimate of drug-likeness (QED) is 0.478. The Balaban J connectivity index is 1.40. The van der Waals surface area contributed by atoms with E-state index < -0.39 is 11.6 Å². The zero-order chi connectivity index (χ0) is 20.1. The lowest BCUT2D eigenvalue weighted by atomic mass is 10.1. The molecule has 0 aliphatic rings. The number of aromatic nitrogens is 3. The summed E-state index contributed by atoms with van der Waals surface area (Å²) in [6.45, 7) is 1.23.